The predicted molar refractivity (Wildman–Crippen MR) is 79.3 cm³/mol. The molecule has 0 saturated carbocycles. The first-order valence-corrected chi connectivity index (χ1v) is 6.80. The normalized spacial score (nSPS) is 10.7. The lowest BCUT2D eigenvalue weighted by molar-refractivity contribution is 0.103. The maximum absolute atomic E-state index is 13.6. The van der Waals surface area contributed by atoms with Crippen molar-refractivity contribution >= 4 is 32.6 Å². The molecule has 4 heteroatoms. The van der Waals surface area contributed by atoms with Gasteiger partial charge >= 0.3 is 0 Å². The van der Waals surface area contributed by atoms with E-state index in [4.69, 9.17) is 0 Å². The molecule has 0 radical (unpaired) electrons. The first-order chi connectivity index (χ1) is 9.68. The van der Waals surface area contributed by atoms with E-state index in [1.165, 1.54) is 12.1 Å². The summed E-state index contributed by atoms with van der Waals surface area (Å²) in [4.78, 5) is 16.8. The molecule has 0 aliphatic heterocycles. The molecule has 1 aromatic heterocycles. The Labute approximate surface area is 123 Å². The number of rotatable bonds is 2. The Morgan fingerprint density at radius 1 is 1.00 bits per heavy atom. The average Bonchev–Trinajstić information content (AvgIpc) is 2.49. The van der Waals surface area contributed by atoms with Crippen molar-refractivity contribution in [1.29, 1.82) is 0 Å². The number of aromatic nitrogens is 1. The molecule has 2 aromatic carbocycles. The van der Waals surface area contributed by atoms with Crippen LogP contribution < -0.4 is 0 Å². The molecule has 20 heavy (non-hydrogen) atoms. The van der Waals surface area contributed by atoms with Crippen LogP contribution in [0.1, 0.15) is 15.9 Å². The van der Waals surface area contributed by atoms with Crippen LogP contribution in [0.3, 0.4) is 0 Å². The molecule has 0 unspecified atom stereocenters. The first-order valence-electron chi connectivity index (χ1n) is 6.01. The van der Waals surface area contributed by atoms with Crippen LogP contribution in [0.2, 0.25) is 0 Å². The van der Waals surface area contributed by atoms with E-state index < -0.39 is 5.82 Å². The van der Waals surface area contributed by atoms with Crippen molar-refractivity contribution in [3.8, 4) is 0 Å². The van der Waals surface area contributed by atoms with E-state index >= 15 is 0 Å². The minimum Gasteiger partial charge on any atom is -0.289 e. The van der Waals surface area contributed by atoms with E-state index in [1.807, 2.05) is 12.1 Å². The van der Waals surface area contributed by atoms with Crippen LogP contribution >= 0.6 is 15.9 Å². The molecule has 98 valence electrons. The highest BCUT2D eigenvalue weighted by Gasteiger charge is 2.17. The third kappa shape index (κ3) is 2.12. The molecule has 0 amide bonds. The Bertz CT molecular complexity index is 811. The zero-order valence-electron chi connectivity index (χ0n) is 10.3. The molecule has 3 rings (SSSR count). The van der Waals surface area contributed by atoms with Crippen LogP contribution in [0, 0.1) is 5.82 Å². The number of ketones is 1. The summed E-state index contributed by atoms with van der Waals surface area (Å²) < 4.78 is 13.7. The van der Waals surface area contributed by atoms with Gasteiger partial charge in [0.2, 0.25) is 0 Å². The maximum atomic E-state index is 13.6. The number of pyridine rings is 1. The molecule has 2 nitrogen and oxygen atoms in total. The van der Waals surface area contributed by atoms with Gasteiger partial charge in [0, 0.05) is 22.7 Å². The second-order valence-electron chi connectivity index (χ2n) is 4.31. The monoisotopic (exact) mass is 329 g/mol. The number of hydrogen-bond donors (Lipinski definition) is 0. The topological polar surface area (TPSA) is 30.0 Å². The number of carbonyl (C=O) groups excluding carboxylic acids is 1. The van der Waals surface area contributed by atoms with Gasteiger partial charge in [-0.05, 0) is 40.2 Å². The molecule has 0 aliphatic rings. The highest BCUT2D eigenvalue weighted by atomic mass is 79.9. The number of fused-ring (bicyclic) bond motifs is 1. The fraction of sp³-hybridized carbons (Fsp3) is 0. The van der Waals surface area contributed by atoms with Crippen molar-refractivity contribution in [3.63, 3.8) is 0 Å². The Balaban J connectivity index is 2.21. The van der Waals surface area contributed by atoms with Gasteiger partial charge in [0.1, 0.15) is 5.82 Å². The smallest absolute Gasteiger partial charge is 0.194 e. The second-order valence-corrected chi connectivity index (χ2v) is 5.10. The minimum atomic E-state index is -0.450. The third-order valence-corrected chi connectivity index (χ3v) is 3.89. The lowest BCUT2D eigenvalue weighted by Crippen LogP contribution is -2.04. The minimum absolute atomic E-state index is 0.186. The van der Waals surface area contributed by atoms with Crippen molar-refractivity contribution in [3.05, 3.63) is 76.1 Å². The molecule has 0 fully saturated rings. The van der Waals surface area contributed by atoms with Gasteiger partial charge in [-0.15, -0.1) is 0 Å². The number of carbonyl (C=O) groups is 1. The summed E-state index contributed by atoms with van der Waals surface area (Å²) in [6, 6.07) is 13.4. The molecular formula is C16H9BrFNO. The van der Waals surface area contributed by atoms with Gasteiger partial charge in [-0.25, -0.2) is 4.39 Å². The molecular weight excluding hydrogens is 321 g/mol. The van der Waals surface area contributed by atoms with Gasteiger partial charge < -0.3 is 0 Å². The summed E-state index contributed by atoms with van der Waals surface area (Å²) >= 11 is 3.13. The van der Waals surface area contributed by atoms with Gasteiger partial charge in [-0.1, -0.05) is 24.3 Å². The van der Waals surface area contributed by atoms with Crippen molar-refractivity contribution in [1.82, 2.24) is 4.98 Å². The summed E-state index contributed by atoms with van der Waals surface area (Å²) in [7, 11) is 0. The number of halogens is 2. The summed E-state index contributed by atoms with van der Waals surface area (Å²) in [6.07, 6.45) is 1.68. The van der Waals surface area contributed by atoms with Crippen LogP contribution in [-0.4, -0.2) is 10.8 Å². The number of nitrogens with zero attached hydrogens (tertiary/aromatic N) is 1. The number of hydrogen-bond acceptors (Lipinski definition) is 2. The Hall–Kier alpha value is -2.07. The predicted octanol–water partition coefficient (Wildman–Crippen LogP) is 4.37. The second kappa shape index (κ2) is 5.13. The van der Waals surface area contributed by atoms with Crippen LogP contribution in [0.25, 0.3) is 10.9 Å². The highest BCUT2D eigenvalue weighted by molar-refractivity contribution is 9.10. The Morgan fingerprint density at radius 3 is 2.60 bits per heavy atom. The van der Waals surface area contributed by atoms with E-state index in [0.717, 1.165) is 10.9 Å². The number of benzene rings is 2. The quantitative estimate of drug-likeness (QED) is 0.653. The van der Waals surface area contributed by atoms with E-state index in [2.05, 4.69) is 20.9 Å². The van der Waals surface area contributed by atoms with Crippen molar-refractivity contribution in [2.45, 2.75) is 0 Å². The van der Waals surface area contributed by atoms with Crippen molar-refractivity contribution < 1.29 is 9.18 Å². The lowest BCUT2D eigenvalue weighted by atomic mass is 9.99. The Morgan fingerprint density at radius 2 is 1.75 bits per heavy atom. The van der Waals surface area contributed by atoms with E-state index in [1.54, 1.807) is 30.5 Å². The third-order valence-electron chi connectivity index (χ3n) is 3.09. The molecule has 0 atom stereocenters. The zero-order valence-corrected chi connectivity index (χ0v) is 11.9. The SMILES string of the molecule is O=C(c1cccc(F)c1Br)c1cccc2ncccc12. The van der Waals surface area contributed by atoms with Gasteiger partial charge in [-0.2, -0.15) is 0 Å². The standard InChI is InChI=1S/C16H9BrFNO/c17-15-12(5-1-7-13(15)18)16(20)11-4-2-8-14-10(11)6-3-9-19-14/h1-9H. The maximum Gasteiger partial charge on any atom is 0.194 e. The fourth-order valence-electron chi connectivity index (χ4n) is 2.13. The molecule has 0 spiro atoms. The van der Waals surface area contributed by atoms with Crippen LogP contribution in [0.4, 0.5) is 4.39 Å². The van der Waals surface area contributed by atoms with Crippen molar-refractivity contribution in [2.75, 3.05) is 0 Å². The zero-order chi connectivity index (χ0) is 14.1. The molecule has 0 N–H and O–H groups in total. The largest absolute Gasteiger partial charge is 0.289 e. The molecule has 0 aliphatic carbocycles. The molecule has 1 heterocycles. The van der Waals surface area contributed by atoms with Crippen LogP contribution in [0.15, 0.2) is 59.2 Å². The average molecular weight is 330 g/mol. The fourth-order valence-corrected chi connectivity index (χ4v) is 2.57. The molecule has 0 saturated heterocycles. The molecule has 3 aromatic rings. The summed E-state index contributed by atoms with van der Waals surface area (Å²) in [5, 5.41) is 0.760. The van der Waals surface area contributed by atoms with Gasteiger partial charge in [0.15, 0.2) is 5.78 Å². The Kier molecular flexibility index (Phi) is 3.32. The summed E-state index contributed by atoms with van der Waals surface area (Å²) in [5.74, 6) is -0.677. The first kappa shape index (κ1) is 12.9. The van der Waals surface area contributed by atoms with Crippen LogP contribution in [0.5, 0.6) is 0 Å². The highest BCUT2D eigenvalue weighted by Crippen LogP contribution is 2.26. The van der Waals surface area contributed by atoms with Gasteiger partial charge in [0.25, 0.3) is 0 Å². The van der Waals surface area contributed by atoms with E-state index in [9.17, 15) is 9.18 Å². The van der Waals surface area contributed by atoms with E-state index in [-0.39, 0.29) is 10.3 Å². The lowest BCUT2D eigenvalue weighted by Gasteiger charge is -2.07. The summed E-state index contributed by atoms with van der Waals surface area (Å²) in [5.41, 5.74) is 1.56. The van der Waals surface area contributed by atoms with Crippen molar-refractivity contribution in [2.24, 2.45) is 0 Å². The summed E-state index contributed by atoms with van der Waals surface area (Å²) in [6.45, 7) is 0. The van der Waals surface area contributed by atoms with E-state index in [0.29, 0.717) is 11.1 Å². The van der Waals surface area contributed by atoms with Crippen LogP contribution in [-0.2, 0) is 0 Å². The molecule has 0 bridgehead atoms. The van der Waals surface area contributed by atoms with Gasteiger partial charge in [-0.3, -0.25) is 9.78 Å². The van der Waals surface area contributed by atoms with Gasteiger partial charge in [0.05, 0.1) is 9.99 Å².